The summed E-state index contributed by atoms with van der Waals surface area (Å²) in [7, 11) is -7.32. The van der Waals surface area contributed by atoms with Crippen LogP contribution in [-0.2, 0) is 20.0 Å². The number of rotatable bonds is 7. The summed E-state index contributed by atoms with van der Waals surface area (Å²) >= 11 is 5.81. The van der Waals surface area contributed by atoms with E-state index in [1.807, 2.05) is 0 Å². The molecule has 0 saturated heterocycles. The number of nitrogens with one attached hydrogen (secondary N) is 3. The second-order valence-corrected chi connectivity index (χ2v) is 10.8. The molecule has 0 spiro atoms. The summed E-state index contributed by atoms with van der Waals surface area (Å²) < 4.78 is 52.9. The molecular formula is C21H20ClN3O5S2. The maximum atomic E-state index is 12.7. The van der Waals surface area contributed by atoms with Gasteiger partial charge in [0.2, 0.25) is 10.0 Å². The van der Waals surface area contributed by atoms with Crippen molar-refractivity contribution in [3.63, 3.8) is 0 Å². The second kappa shape index (κ2) is 9.19. The van der Waals surface area contributed by atoms with Crippen LogP contribution in [0.1, 0.15) is 15.9 Å². The first kappa shape index (κ1) is 23.6. The quantitative estimate of drug-likeness (QED) is 0.458. The van der Waals surface area contributed by atoms with Gasteiger partial charge in [-0.3, -0.25) is 14.2 Å². The average molecular weight is 494 g/mol. The standard InChI is InChI=1S/C21H20ClN3O5S2/c1-14-19(4-3-5-20(14)25-31(2,27)28)21(26)23-16-10-12-18(13-11-16)32(29,30)24-17-8-6-15(22)7-9-17/h3-13,24-25H,1-2H3,(H,23,26). The van der Waals surface area contributed by atoms with Crippen LogP contribution in [0.25, 0.3) is 0 Å². The van der Waals surface area contributed by atoms with Crippen molar-refractivity contribution in [1.82, 2.24) is 0 Å². The van der Waals surface area contributed by atoms with Crippen molar-refractivity contribution in [2.45, 2.75) is 11.8 Å². The molecule has 3 aromatic rings. The molecular weight excluding hydrogens is 474 g/mol. The van der Waals surface area contributed by atoms with E-state index in [1.165, 1.54) is 24.3 Å². The molecule has 0 aromatic heterocycles. The van der Waals surface area contributed by atoms with Gasteiger partial charge in [0.15, 0.2) is 0 Å². The maximum absolute atomic E-state index is 12.7. The van der Waals surface area contributed by atoms with E-state index in [0.717, 1.165) is 6.26 Å². The summed E-state index contributed by atoms with van der Waals surface area (Å²) in [5.41, 5.74) is 1.78. The van der Waals surface area contributed by atoms with E-state index < -0.39 is 26.0 Å². The average Bonchev–Trinajstić information content (AvgIpc) is 2.70. The molecule has 3 rings (SSSR count). The van der Waals surface area contributed by atoms with Gasteiger partial charge < -0.3 is 5.32 Å². The van der Waals surface area contributed by atoms with Gasteiger partial charge in [-0.2, -0.15) is 0 Å². The fraction of sp³-hybridized carbons (Fsp3) is 0.0952. The highest BCUT2D eigenvalue weighted by atomic mass is 35.5. The van der Waals surface area contributed by atoms with Gasteiger partial charge in [0, 0.05) is 22.0 Å². The number of hydrogen-bond acceptors (Lipinski definition) is 5. The van der Waals surface area contributed by atoms with Crippen LogP contribution in [0.2, 0.25) is 5.02 Å². The zero-order chi connectivity index (χ0) is 23.5. The number of anilines is 3. The van der Waals surface area contributed by atoms with Crippen LogP contribution in [0, 0.1) is 6.92 Å². The fourth-order valence-corrected chi connectivity index (χ4v) is 4.65. The molecule has 0 aliphatic heterocycles. The van der Waals surface area contributed by atoms with Gasteiger partial charge >= 0.3 is 0 Å². The number of sulfonamides is 2. The highest BCUT2D eigenvalue weighted by Crippen LogP contribution is 2.23. The van der Waals surface area contributed by atoms with E-state index >= 15 is 0 Å². The molecule has 168 valence electrons. The van der Waals surface area contributed by atoms with Gasteiger partial charge in [-0.25, -0.2) is 16.8 Å². The SMILES string of the molecule is Cc1c(NS(C)(=O)=O)cccc1C(=O)Nc1ccc(S(=O)(=O)Nc2ccc(Cl)cc2)cc1. The Balaban J connectivity index is 1.75. The van der Waals surface area contributed by atoms with Crippen molar-refractivity contribution in [2.75, 3.05) is 21.0 Å². The third kappa shape index (κ3) is 6.00. The maximum Gasteiger partial charge on any atom is 0.261 e. The molecule has 1 amide bonds. The number of carbonyl (C=O) groups excluding carboxylic acids is 1. The lowest BCUT2D eigenvalue weighted by atomic mass is 10.1. The Morgan fingerprint density at radius 2 is 1.41 bits per heavy atom. The first-order valence-corrected chi connectivity index (χ1v) is 13.0. The van der Waals surface area contributed by atoms with Crippen molar-refractivity contribution in [1.29, 1.82) is 0 Å². The highest BCUT2D eigenvalue weighted by Gasteiger charge is 2.16. The van der Waals surface area contributed by atoms with Gasteiger partial charge in [-0.15, -0.1) is 0 Å². The molecule has 3 N–H and O–H groups in total. The zero-order valence-electron chi connectivity index (χ0n) is 17.1. The van der Waals surface area contributed by atoms with Crippen molar-refractivity contribution in [3.8, 4) is 0 Å². The molecule has 0 aliphatic carbocycles. The highest BCUT2D eigenvalue weighted by molar-refractivity contribution is 7.92. The van der Waals surface area contributed by atoms with Gasteiger partial charge in [-0.05, 0) is 73.2 Å². The topological polar surface area (TPSA) is 121 Å². The lowest BCUT2D eigenvalue weighted by Crippen LogP contribution is -2.16. The first-order chi connectivity index (χ1) is 14.9. The van der Waals surface area contributed by atoms with E-state index in [1.54, 1.807) is 49.4 Å². The summed E-state index contributed by atoms with van der Waals surface area (Å²) in [6, 6.07) is 16.6. The monoisotopic (exact) mass is 493 g/mol. The van der Waals surface area contributed by atoms with Crippen LogP contribution in [0.4, 0.5) is 17.1 Å². The molecule has 32 heavy (non-hydrogen) atoms. The van der Waals surface area contributed by atoms with E-state index in [0.29, 0.717) is 27.6 Å². The molecule has 3 aromatic carbocycles. The Morgan fingerprint density at radius 3 is 2.00 bits per heavy atom. The largest absolute Gasteiger partial charge is 0.322 e. The predicted octanol–water partition coefficient (Wildman–Crippen LogP) is 4.07. The second-order valence-electron chi connectivity index (χ2n) is 6.94. The Morgan fingerprint density at radius 1 is 0.812 bits per heavy atom. The zero-order valence-corrected chi connectivity index (χ0v) is 19.5. The number of hydrogen-bond donors (Lipinski definition) is 3. The van der Waals surface area contributed by atoms with E-state index in [-0.39, 0.29) is 10.5 Å². The van der Waals surface area contributed by atoms with Crippen LogP contribution in [0.5, 0.6) is 0 Å². The molecule has 0 radical (unpaired) electrons. The number of halogens is 1. The van der Waals surface area contributed by atoms with Crippen LogP contribution in [0.15, 0.2) is 71.6 Å². The molecule has 0 saturated carbocycles. The Bertz CT molecular complexity index is 1360. The molecule has 0 unspecified atom stereocenters. The first-order valence-electron chi connectivity index (χ1n) is 9.22. The van der Waals surface area contributed by atoms with Gasteiger partial charge in [0.05, 0.1) is 16.8 Å². The van der Waals surface area contributed by atoms with Gasteiger partial charge in [0.25, 0.3) is 15.9 Å². The van der Waals surface area contributed by atoms with Crippen molar-refractivity contribution in [2.24, 2.45) is 0 Å². The summed E-state index contributed by atoms with van der Waals surface area (Å²) in [6.07, 6.45) is 1.02. The third-order valence-corrected chi connectivity index (χ3v) is 6.63. The van der Waals surface area contributed by atoms with Crippen LogP contribution >= 0.6 is 11.6 Å². The summed E-state index contributed by atoms with van der Waals surface area (Å²) in [5, 5.41) is 3.16. The molecule has 11 heteroatoms. The van der Waals surface area contributed by atoms with Crippen LogP contribution in [-0.4, -0.2) is 29.0 Å². The minimum Gasteiger partial charge on any atom is -0.322 e. The molecule has 0 bridgehead atoms. The van der Waals surface area contributed by atoms with Crippen molar-refractivity contribution < 1.29 is 21.6 Å². The van der Waals surface area contributed by atoms with E-state index in [4.69, 9.17) is 11.6 Å². The van der Waals surface area contributed by atoms with E-state index in [2.05, 4.69) is 14.8 Å². The van der Waals surface area contributed by atoms with Crippen LogP contribution < -0.4 is 14.8 Å². The van der Waals surface area contributed by atoms with Gasteiger partial charge in [-0.1, -0.05) is 17.7 Å². The van der Waals surface area contributed by atoms with Crippen LogP contribution in [0.3, 0.4) is 0 Å². The number of carbonyl (C=O) groups is 1. The molecule has 0 fully saturated rings. The minimum atomic E-state index is -3.82. The molecule has 8 nitrogen and oxygen atoms in total. The Kier molecular flexibility index (Phi) is 6.77. The number of amides is 1. The Labute approximate surface area is 191 Å². The lowest BCUT2D eigenvalue weighted by Gasteiger charge is -2.13. The normalized spacial score (nSPS) is 11.6. The van der Waals surface area contributed by atoms with Crippen molar-refractivity contribution >= 4 is 54.6 Å². The fourth-order valence-electron chi connectivity index (χ4n) is 2.84. The summed E-state index contributed by atoms with van der Waals surface area (Å²) in [4.78, 5) is 12.7. The third-order valence-electron chi connectivity index (χ3n) is 4.39. The molecule has 0 atom stereocenters. The predicted molar refractivity (Wildman–Crippen MR) is 126 cm³/mol. The molecule has 0 aliphatic rings. The van der Waals surface area contributed by atoms with Gasteiger partial charge in [0.1, 0.15) is 0 Å². The molecule has 0 heterocycles. The van der Waals surface area contributed by atoms with E-state index in [9.17, 15) is 21.6 Å². The number of benzene rings is 3. The minimum absolute atomic E-state index is 0.0148. The Hall–Kier alpha value is -3.08. The van der Waals surface area contributed by atoms with Crippen molar-refractivity contribution in [3.05, 3.63) is 82.9 Å². The summed E-state index contributed by atoms with van der Waals surface area (Å²) in [5.74, 6) is -0.463. The summed E-state index contributed by atoms with van der Waals surface area (Å²) in [6.45, 7) is 1.63. The lowest BCUT2D eigenvalue weighted by molar-refractivity contribution is 0.102. The smallest absolute Gasteiger partial charge is 0.261 e.